The number of allylic oxidation sites excluding steroid dienone is 8. The highest BCUT2D eigenvalue weighted by atomic mass is 16.6. The molecule has 0 saturated carbocycles. The Hall–Kier alpha value is -2.63. The van der Waals surface area contributed by atoms with Gasteiger partial charge in [0.05, 0.1) is 0 Å². The van der Waals surface area contributed by atoms with Crippen molar-refractivity contribution in [3.63, 3.8) is 0 Å². The molecule has 1 unspecified atom stereocenters. The van der Waals surface area contributed by atoms with Crippen LogP contribution in [0.2, 0.25) is 0 Å². The molecule has 57 heavy (non-hydrogen) atoms. The zero-order chi connectivity index (χ0) is 41.5. The van der Waals surface area contributed by atoms with E-state index in [1.807, 2.05) is 0 Å². The highest BCUT2D eigenvalue weighted by molar-refractivity contribution is 5.71. The third-order valence-electron chi connectivity index (χ3n) is 10.3. The quantitative estimate of drug-likeness (QED) is 0.0265. The normalized spacial score (nSPS) is 12.4. The van der Waals surface area contributed by atoms with Crippen molar-refractivity contribution in [2.24, 2.45) is 0 Å². The van der Waals surface area contributed by atoms with Crippen molar-refractivity contribution in [3.05, 3.63) is 48.6 Å². The second-order valence-electron chi connectivity index (χ2n) is 16.0. The fourth-order valence-corrected chi connectivity index (χ4v) is 6.67. The fourth-order valence-electron chi connectivity index (χ4n) is 6.67. The van der Waals surface area contributed by atoms with Gasteiger partial charge in [-0.05, 0) is 70.6 Å². The smallest absolute Gasteiger partial charge is 0.306 e. The maximum atomic E-state index is 12.7. The van der Waals surface area contributed by atoms with Crippen LogP contribution in [0.1, 0.15) is 239 Å². The molecule has 0 aromatic carbocycles. The first-order valence-corrected chi connectivity index (χ1v) is 24.1. The second-order valence-corrected chi connectivity index (χ2v) is 16.0. The Labute approximate surface area is 352 Å². The lowest BCUT2D eigenvalue weighted by atomic mass is 10.0. The van der Waals surface area contributed by atoms with Crippen molar-refractivity contribution in [1.29, 1.82) is 0 Å². The van der Waals surface area contributed by atoms with Crippen LogP contribution in [0.4, 0.5) is 0 Å². The molecule has 0 radical (unpaired) electrons. The molecule has 0 spiro atoms. The summed E-state index contributed by atoms with van der Waals surface area (Å²) in [5.41, 5.74) is 0. The van der Waals surface area contributed by atoms with Crippen LogP contribution >= 0.6 is 0 Å². The van der Waals surface area contributed by atoms with Gasteiger partial charge >= 0.3 is 17.9 Å². The SMILES string of the molecule is CC/C=C\C/C=C\C/C=C\CCCCCCCCC(=O)OCC(COC(=O)CCCCCCC/C=C\CCCC)OC(=O)CCCCCCCCCCCCCC. The summed E-state index contributed by atoms with van der Waals surface area (Å²) in [6, 6.07) is 0. The zero-order valence-electron chi connectivity index (χ0n) is 37.6. The number of unbranched alkanes of at least 4 members (excludes halogenated alkanes) is 24. The van der Waals surface area contributed by atoms with E-state index >= 15 is 0 Å². The van der Waals surface area contributed by atoms with Crippen LogP contribution in [-0.4, -0.2) is 37.2 Å². The third-order valence-corrected chi connectivity index (χ3v) is 10.3. The van der Waals surface area contributed by atoms with E-state index in [1.54, 1.807) is 0 Å². The van der Waals surface area contributed by atoms with Crippen molar-refractivity contribution in [2.45, 2.75) is 245 Å². The average molecular weight is 799 g/mol. The third kappa shape index (κ3) is 44.3. The summed E-state index contributed by atoms with van der Waals surface area (Å²) in [7, 11) is 0. The highest BCUT2D eigenvalue weighted by Crippen LogP contribution is 2.15. The molecule has 0 aliphatic carbocycles. The van der Waals surface area contributed by atoms with Gasteiger partial charge in [-0.3, -0.25) is 14.4 Å². The molecule has 0 N–H and O–H groups in total. The summed E-state index contributed by atoms with van der Waals surface area (Å²) in [5.74, 6) is -0.899. The number of carbonyl (C=O) groups is 3. The van der Waals surface area contributed by atoms with Crippen molar-refractivity contribution >= 4 is 17.9 Å². The predicted octanol–water partition coefficient (Wildman–Crippen LogP) is 15.5. The van der Waals surface area contributed by atoms with Gasteiger partial charge in [0.25, 0.3) is 0 Å². The van der Waals surface area contributed by atoms with Crippen LogP contribution in [0.5, 0.6) is 0 Å². The number of rotatable bonds is 43. The Morgan fingerprint density at radius 1 is 0.368 bits per heavy atom. The summed E-state index contributed by atoms with van der Waals surface area (Å²) in [6.07, 6.45) is 53.7. The van der Waals surface area contributed by atoms with Gasteiger partial charge < -0.3 is 14.2 Å². The van der Waals surface area contributed by atoms with E-state index in [0.29, 0.717) is 19.3 Å². The van der Waals surface area contributed by atoms with Gasteiger partial charge in [0.15, 0.2) is 6.10 Å². The lowest BCUT2D eigenvalue weighted by Crippen LogP contribution is -2.30. The molecular formula is C51H90O6. The molecular weight excluding hydrogens is 709 g/mol. The lowest BCUT2D eigenvalue weighted by Gasteiger charge is -2.18. The van der Waals surface area contributed by atoms with Gasteiger partial charge in [-0.1, -0.05) is 198 Å². The Morgan fingerprint density at radius 2 is 0.702 bits per heavy atom. The van der Waals surface area contributed by atoms with Crippen molar-refractivity contribution in [1.82, 2.24) is 0 Å². The van der Waals surface area contributed by atoms with Crippen LogP contribution in [0.3, 0.4) is 0 Å². The maximum absolute atomic E-state index is 12.7. The van der Waals surface area contributed by atoms with Gasteiger partial charge in [-0.15, -0.1) is 0 Å². The topological polar surface area (TPSA) is 78.9 Å². The van der Waals surface area contributed by atoms with Gasteiger partial charge in [0, 0.05) is 19.3 Å². The van der Waals surface area contributed by atoms with Gasteiger partial charge in [-0.25, -0.2) is 0 Å². The summed E-state index contributed by atoms with van der Waals surface area (Å²) in [6.45, 7) is 6.47. The molecule has 0 amide bonds. The molecule has 0 fully saturated rings. The van der Waals surface area contributed by atoms with Crippen molar-refractivity contribution in [3.8, 4) is 0 Å². The maximum Gasteiger partial charge on any atom is 0.306 e. The predicted molar refractivity (Wildman–Crippen MR) is 242 cm³/mol. The van der Waals surface area contributed by atoms with Crippen molar-refractivity contribution < 1.29 is 28.6 Å². The van der Waals surface area contributed by atoms with E-state index < -0.39 is 6.10 Å². The highest BCUT2D eigenvalue weighted by Gasteiger charge is 2.19. The van der Waals surface area contributed by atoms with Crippen LogP contribution in [0.15, 0.2) is 48.6 Å². The summed E-state index contributed by atoms with van der Waals surface area (Å²) >= 11 is 0. The molecule has 0 aromatic heterocycles. The minimum Gasteiger partial charge on any atom is -0.462 e. The van der Waals surface area contributed by atoms with E-state index in [-0.39, 0.29) is 31.1 Å². The number of hydrogen-bond acceptors (Lipinski definition) is 6. The largest absolute Gasteiger partial charge is 0.462 e. The number of ether oxygens (including phenoxy) is 3. The minimum atomic E-state index is -0.777. The molecule has 330 valence electrons. The number of carbonyl (C=O) groups excluding carboxylic acids is 3. The van der Waals surface area contributed by atoms with E-state index in [2.05, 4.69) is 69.4 Å². The molecule has 1 atom stereocenters. The van der Waals surface area contributed by atoms with Crippen LogP contribution in [-0.2, 0) is 28.6 Å². The van der Waals surface area contributed by atoms with Crippen LogP contribution in [0, 0.1) is 0 Å². The Morgan fingerprint density at radius 3 is 1.14 bits per heavy atom. The first-order valence-electron chi connectivity index (χ1n) is 24.1. The molecule has 0 aromatic rings. The molecule has 0 aliphatic heterocycles. The molecule has 0 aliphatic rings. The lowest BCUT2D eigenvalue weighted by molar-refractivity contribution is -0.167. The van der Waals surface area contributed by atoms with Gasteiger partial charge in [-0.2, -0.15) is 0 Å². The summed E-state index contributed by atoms with van der Waals surface area (Å²) in [4.78, 5) is 37.8. The van der Waals surface area contributed by atoms with Gasteiger partial charge in [0.1, 0.15) is 13.2 Å². The van der Waals surface area contributed by atoms with Crippen LogP contribution in [0.25, 0.3) is 0 Å². The Kier molecular flexibility index (Phi) is 43.9. The second kappa shape index (κ2) is 46.1. The van der Waals surface area contributed by atoms with E-state index in [0.717, 1.165) is 89.9 Å². The van der Waals surface area contributed by atoms with Crippen molar-refractivity contribution in [2.75, 3.05) is 13.2 Å². The number of esters is 3. The Balaban J connectivity index is 4.37. The molecule has 0 heterocycles. The summed E-state index contributed by atoms with van der Waals surface area (Å²) in [5, 5.41) is 0. The van der Waals surface area contributed by atoms with Gasteiger partial charge in [0.2, 0.25) is 0 Å². The molecule has 6 heteroatoms. The first kappa shape index (κ1) is 54.4. The average Bonchev–Trinajstić information content (AvgIpc) is 3.21. The monoisotopic (exact) mass is 799 g/mol. The molecule has 0 rings (SSSR count). The molecule has 0 bridgehead atoms. The number of hydrogen-bond donors (Lipinski definition) is 0. The molecule has 6 nitrogen and oxygen atoms in total. The van der Waals surface area contributed by atoms with E-state index in [1.165, 1.54) is 109 Å². The van der Waals surface area contributed by atoms with E-state index in [9.17, 15) is 14.4 Å². The standard InChI is InChI=1S/C51H90O6/c1-4-7-10-13-16-19-22-24-25-26-27-30-32-35-38-41-44-50(53)56-47-48(46-55-49(52)43-40-37-34-31-28-21-18-15-12-9-6-3)57-51(54)45-42-39-36-33-29-23-20-17-14-11-8-5-2/h7,10,15-16,18-19,24-25,48H,4-6,8-9,11-14,17,20-23,26-47H2,1-3H3/b10-7-,18-15-,19-16-,25-24-. The fraction of sp³-hybridized carbons (Fsp3) is 0.784. The van der Waals surface area contributed by atoms with Crippen LogP contribution < -0.4 is 0 Å². The van der Waals surface area contributed by atoms with E-state index in [4.69, 9.17) is 14.2 Å². The minimum absolute atomic E-state index is 0.0802. The molecule has 0 saturated heterocycles. The first-order chi connectivity index (χ1) is 28.0. The summed E-state index contributed by atoms with van der Waals surface area (Å²) < 4.78 is 16.7. The zero-order valence-corrected chi connectivity index (χ0v) is 37.6. The Bertz CT molecular complexity index is 1010.